The zero-order valence-electron chi connectivity index (χ0n) is 12.4. The molecule has 1 amide bonds. The Balaban J connectivity index is 1.98. The number of esters is 1. The molecule has 22 heavy (non-hydrogen) atoms. The maximum absolute atomic E-state index is 11.7. The number of carbonyl (C=O) groups excluding carboxylic acids is 2. The molecule has 116 valence electrons. The highest BCUT2D eigenvalue weighted by molar-refractivity contribution is 7.99. The van der Waals surface area contributed by atoms with E-state index in [2.05, 4.69) is 15.0 Å². The van der Waals surface area contributed by atoms with E-state index in [4.69, 9.17) is 0 Å². The molecule has 0 aliphatic heterocycles. The molecule has 0 saturated carbocycles. The molecule has 0 aliphatic rings. The maximum Gasteiger partial charge on any atom is 0.325 e. The minimum atomic E-state index is -0.472. The van der Waals surface area contributed by atoms with Crippen LogP contribution in [0.1, 0.15) is 5.56 Å². The molecule has 0 fully saturated rings. The van der Waals surface area contributed by atoms with Crippen molar-refractivity contribution < 1.29 is 14.3 Å². The molecule has 0 atom stereocenters. The minimum Gasteiger partial charge on any atom is -0.468 e. The summed E-state index contributed by atoms with van der Waals surface area (Å²) in [5, 5.41) is 3.22. The summed E-state index contributed by atoms with van der Waals surface area (Å²) in [6, 6.07) is 7.95. The van der Waals surface area contributed by atoms with E-state index >= 15 is 0 Å². The monoisotopic (exact) mass is 319 g/mol. The fraction of sp³-hybridized carbons (Fsp3) is 0.267. The molecule has 1 N–H and O–H groups in total. The zero-order valence-corrected chi connectivity index (χ0v) is 13.2. The number of aryl methyl sites for hydroxylation is 1. The van der Waals surface area contributed by atoms with E-state index in [1.807, 2.05) is 42.0 Å². The van der Waals surface area contributed by atoms with E-state index in [-0.39, 0.29) is 18.2 Å². The van der Waals surface area contributed by atoms with Crippen LogP contribution in [0.4, 0.5) is 0 Å². The SMILES string of the molecule is COC(=O)CNC(=O)CSc1nccn1-c1ccccc1C. The van der Waals surface area contributed by atoms with E-state index in [9.17, 15) is 9.59 Å². The Morgan fingerprint density at radius 3 is 2.86 bits per heavy atom. The number of imidazole rings is 1. The van der Waals surface area contributed by atoms with Gasteiger partial charge >= 0.3 is 5.97 Å². The summed E-state index contributed by atoms with van der Waals surface area (Å²) in [5.74, 6) is -0.533. The highest BCUT2D eigenvalue weighted by Gasteiger charge is 2.11. The Morgan fingerprint density at radius 1 is 1.36 bits per heavy atom. The molecule has 0 radical (unpaired) electrons. The van der Waals surface area contributed by atoms with E-state index in [1.54, 1.807) is 6.20 Å². The number of aromatic nitrogens is 2. The summed E-state index contributed by atoms with van der Waals surface area (Å²) < 4.78 is 6.40. The number of benzene rings is 1. The molecule has 2 aromatic rings. The molecule has 6 nitrogen and oxygen atoms in total. The van der Waals surface area contributed by atoms with Gasteiger partial charge in [0.1, 0.15) is 6.54 Å². The minimum absolute atomic E-state index is 0.123. The van der Waals surface area contributed by atoms with Crippen LogP contribution in [-0.4, -0.2) is 40.8 Å². The molecule has 0 unspecified atom stereocenters. The Bertz CT molecular complexity index is 670. The van der Waals surface area contributed by atoms with Crippen LogP contribution in [0.3, 0.4) is 0 Å². The second kappa shape index (κ2) is 7.65. The third-order valence-electron chi connectivity index (χ3n) is 2.97. The number of methoxy groups -OCH3 is 1. The average Bonchev–Trinajstić information content (AvgIpc) is 2.99. The van der Waals surface area contributed by atoms with Crippen molar-refractivity contribution in [2.45, 2.75) is 12.1 Å². The first-order valence-corrected chi connectivity index (χ1v) is 7.66. The maximum atomic E-state index is 11.7. The topological polar surface area (TPSA) is 73.2 Å². The number of carbonyl (C=O) groups is 2. The van der Waals surface area contributed by atoms with Gasteiger partial charge in [0.2, 0.25) is 5.91 Å². The Labute approximate surface area is 132 Å². The molecule has 0 bridgehead atoms. The number of nitrogens with zero attached hydrogens (tertiary/aromatic N) is 2. The van der Waals surface area contributed by atoms with Gasteiger partial charge < -0.3 is 10.1 Å². The fourth-order valence-corrected chi connectivity index (χ4v) is 2.63. The van der Waals surface area contributed by atoms with Gasteiger partial charge in [-0.3, -0.25) is 14.2 Å². The molecule has 1 aromatic heterocycles. The van der Waals surface area contributed by atoms with Crippen LogP contribution in [0.2, 0.25) is 0 Å². The Kier molecular flexibility index (Phi) is 5.60. The molecular formula is C15H17N3O3S. The number of hydrogen-bond acceptors (Lipinski definition) is 5. The predicted octanol–water partition coefficient (Wildman–Crippen LogP) is 1.56. The predicted molar refractivity (Wildman–Crippen MR) is 84.1 cm³/mol. The number of amides is 1. The summed E-state index contributed by atoms with van der Waals surface area (Å²) in [6.45, 7) is 1.90. The lowest BCUT2D eigenvalue weighted by molar-refractivity contribution is -0.140. The summed E-state index contributed by atoms with van der Waals surface area (Å²) in [4.78, 5) is 26.9. The van der Waals surface area contributed by atoms with Crippen LogP contribution in [0.25, 0.3) is 5.69 Å². The quantitative estimate of drug-likeness (QED) is 0.646. The van der Waals surface area contributed by atoms with Crippen molar-refractivity contribution in [1.29, 1.82) is 0 Å². The van der Waals surface area contributed by atoms with Crippen molar-refractivity contribution in [1.82, 2.24) is 14.9 Å². The summed E-state index contributed by atoms with van der Waals surface area (Å²) in [7, 11) is 1.28. The standard InChI is InChI=1S/C15H17N3O3S/c1-11-5-3-4-6-12(11)18-8-7-16-15(18)22-10-13(19)17-9-14(20)21-2/h3-8H,9-10H2,1-2H3,(H,17,19). The summed E-state index contributed by atoms with van der Waals surface area (Å²) in [5.41, 5.74) is 2.15. The van der Waals surface area contributed by atoms with Crippen LogP contribution >= 0.6 is 11.8 Å². The van der Waals surface area contributed by atoms with Crippen LogP contribution in [-0.2, 0) is 14.3 Å². The summed E-state index contributed by atoms with van der Waals surface area (Å²) >= 11 is 1.31. The number of hydrogen-bond donors (Lipinski definition) is 1. The molecule has 1 heterocycles. The summed E-state index contributed by atoms with van der Waals surface area (Å²) in [6.07, 6.45) is 3.55. The van der Waals surface area contributed by atoms with Crippen LogP contribution in [0.5, 0.6) is 0 Å². The number of rotatable bonds is 6. The van der Waals surface area contributed by atoms with Crippen LogP contribution in [0, 0.1) is 6.92 Å². The van der Waals surface area contributed by atoms with Gasteiger partial charge in [-0.1, -0.05) is 30.0 Å². The molecule has 0 aliphatic carbocycles. The lowest BCUT2D eigenvalue weighted by atomic mass is 10.2. The van der Waals surface area contributed by atoms with Crippen molar-refractivity contribution in [2.24, 2.45) is 0 Å². The van der Waals surface area contributed by atoms with Crippen molar-refractivity contribution in [3.8, 4) is 5.69 Å². The molecular weight excluding hydrogens is 302 g/mol. The molecule has 0 spiro atoms. The molecule has 2 rings (SSSR count). The number of ether oxygens (including phenoxy) is 1. The Morgan fingerprint density at radius 2 is 2.14 bits per heavy atom. The van der Waals surface area contributed by atoms with Gasteiger partial charge in [0, 0.05) is 12.4 Å². The number of nitrogens with one attached hydrogen (secondary N) is 1. The Hall–Kier alpha value is -2.28. The average molecular weight is 319 g/mol. The number of para-hydroxylation sites is 1. The van der Waals surface area contributed by atoms with Gasteiger partial charge in [-0.05, 0) is 18.6 Å². The van der Waals surface area contributed by atoms with Crippen molar-refractivity contribution in [3.05, 3.63) is 42.2 Å². The van der Waals surface area contributed by atoms with Gasteiger partial charge in [0.25, 0.3) is 0 Å². The highest BCUT2D eigenvalue weighted by Crippen LogP contribution is 2.22. The first-order chi connectivity index (χ1) is 10.6. The van der Waals surface area contributed by atoms with Crippen molar-refractivity contribution in [2.75, 3.05) is 19.4 Å². The third-order valence-corrected chi connectivity index (χ3v) is 3.94. The molecule has 0 saturated heterocycles. The lowest BCUT2D eigenvalue weighted by Gasteiger charge is -2.10. The van der Waals surface area contributed by atoms with Crippen molar-refractivity contribution in [3.63, 3.8) is 0 Å². The van der Waals surface area contributed by atoms with Gasteiger partial charge in [-0.25, -0.2) is 4.98 Å². The lowest BCUT2D eigenvalue weighted by Crippen LogP contribution is -2.31. The van der Waals surface area contributed by atoms with E-state index in [1.165, 1.54) is 18.9 Å². The first-order valence-electron chi connectivity index (χ1n) is 6.67. The van der Waals surface area contributed by atoms with E-state index < -0.39 is 5.97 Å². The fourth-order valence-electron chi connectivity index (χ4n) is 1.84. The van der Waals surface area contributed by atoms with Gasteiger partial charge in [-0.15, -0.1) is 0 Å². The van der Waals surface area contributed by atoms with Crippen LogP contribution in [0.15, 0.2) is 41.8 Å². The highest BCUT2D eigenvalue weighted by atomic mass is 32.2. The second-order valence-electron chi connectivity index (χ2n) is 4.51. The van der Waals surface area contributed by atoms with E-state index in [0.717, 1.165) is 16.4 Å². The van der Waals surface area contributed by atoms with Crippen LogP contribution < -0.4 is 5.32 Å². The van der Waals surface area contributed by atoms with Crippen molar-refractivity contribution >= 4 is 23.6 Å². The molecule has 1 aromatic carbocycles. The first kappa shape index (κ1) is 16.1. The van der Waals surface area contributed by atoms with Gasteiger partial charge in [0.15, 0.2) is 5.16 Å². The third kappa shape index (κ3) is 4.11. The van der Waals surface area contributed by atoms with Gasteiger partial charge in [-0.2, -0.15) is 0 Å². The second-order valence-corrected chi connectivity index (χ2v) is 5.45. The number of thioether (sulfide) groups is 1. The van der Waals surface area contributed by atoms with Gasteiger partial charge in [0.05, 0.1) is 18.6 Å². The smallest absolute Gasteiger partial charge is 0.325 e. The zero-order chi connectivity index (χ0) is 15.9. The largest absolute Gasteiger partial charge is 0.468 e. The van der Waals surface area contributed by atoms with E-state index in [0.29, 0.717) is 0 Å². The molecule has 7 heteroatoms. The normalized spacial score (nSPS) is 10.3.